The molecule has 1 rings (SSSR count). The minimum Gasteiger partial charge on any atom is -0.368 e. The van der Waals surface area contributed by atoms with Crippen molar-refractivity contribution in [1.82, 2.24) is 10.2 Å². The molecule has 1 aliphatic rings. The minimum absolute atomic E-state index is 0.0282. The Hall–Kier alpha value is -0.820. The summed E-state index contributed by atoms with van der Waals surface area (Å²) in [6.45, 7) is 2.02. The maximum Gasteiger partial charge on any atom is 0.406 e. The lowest BCUT2D eigenvalue weighted by molar-refractivity contribution is -0.165. The molecule has 1 saturated heterocycles. The van der Waals surface area contributed by atoms with Gasteiger partial charge in [0.2, 0.25) is 5.91 Å². The van der Waals surface area contributed by atoms with Crippen LogP contribution in [0.15, 0.2) is 0 Å². The normalized spacial score (nSPS) is 17.5. The quantitative estimate of drug-likeness (QED) is 0.804. The van der Waals surface area contributed by atoms with Crippen LogP contribution in [-0.2, 0) is 9.53 Å². The predicted molar refractivity (Wildman–Crippen MR) is 64.8 cm³/mol. The van der Waals surface area contributed by atoms with Crippen molar-refractivity contribution >= 4 is 5.91 Å². The zero-order valence-electron chi connectivity index (χ0n) is 11.1. The number of amides is 1. The Kier molecular flexibility index (Phi) is 6.57. The van der Waals surface area contributed by atoms with Crippen molar-refractivity contribution in [3.63, 3.8) is 0 Å². The molecule has 0 saturated carbocycles. The second kappa shape index (κ2) is 7.69. The van der Waals surface area contributed by atoms with E-state index in [1.165, 1.54) is 0 Å². The molecule has 1 aliphatic heterocycles. The van der Waals surface area contributed by atoms with E-state index in [0.717, 1.165) is 30.8 Å². The molecule has 1 N–H and O–H groups in total. The fourth-order valence-electron chi connectivity index (χ4n) is 2.02. The molecule has 1 amide bonds. The van der Waals surface area contributed by atoms with Gasteiger partial charge in [-0.15, -0.1) is 0 Å². The first-order valence-electron chi connectivity index (χ1n) is 6.59. The van der Waals surface area contributed by atoms with Crippen molar-refractivity contribution in [1.29, 1.82) is 0 Å². The van der Waals surface area contributed by atoms with Gasteiger partial charge in [-0.2, -0.15) is 13.2 Å². The van der Waals surface area contributed by atoms with E-state index in [1.807, 2.05) is 0 Å². The van der Waals surface area contributed by atoms with Crippen LogP contribution in [-0.4, -0.2) is 55.9 Å². The van der Waals surface area contributed by atoms with Gasteiger partial charge < -0.3 is 15.0 Å². The van der Waals surface area contributed by atoms with Gasteiger partial charge in [-0.05, 0) is 32.4 Å². The summed E-state index contributed by atoms with van der Waals surface area (Å²) in [6.07, 6.45) is -2.31. The number of nitrogens with one attached hydrogen (secondary N) is 1. The van der Waals surface area contributed by atoms with Gasteiger partial charge in [-0.3, -0.25) is 4.79 Å². The molecule has 0 radical (unpaired) electrons. The smallest absolute Gasteiger partial charge is 0.368 e. The molecule has 0 aliphatic carbocycles. The summed E-state index contributed by atoms with van der Waals surface area (Å²) in [5.41, 5.74) is 0. The molecule has 4 nitrogen and oxygen atoms in total. The van der Waals surface area contributed by atoms with Gasteiger partial charge in [0.1, 0.15) is 13.2 Å². The molecule has 112 valence electrons. The largest absolute Gasteiger partial charge is 0.406 e. The number of hydrogen-bond acceptors (Lipinski definition) is 3. The Bertz CT molecular complexity index is 279. The van der Waals surface area contributed by atoms with E-state index < -0.39 is 18.6 Å². The van der Waals surface area contributed by atoms with Crippen LogP contribution in [0, 0.1) is 0 Å². The van der Waals surface area contributed by atoms with Crippen molar-refractivity contribution in [2.24, 2.45) is 0 Å². The summed E-state index contributed by atoms with van der Waals surface area (Å²) in [5, 5.41) is 3.15. The molecule has 0 aromatic rings. The summed E-state index contributed by atoms with van der Waals surface area (Å²) in [4.78, 5) is 12.6. The molecule has 1 heterocycles. The lowest BCUT2D eigenvalue weighted by Gasteiger charge is -2.26. The first kappa shape index (κ1) is 16.2. The molecule has 19 heavy (non-hydrogen) atoms. The van der Waals surface area contributed by atoms with E-state index in [2.05, 4.69) is 5.32 Å². The van der Waals surface area contributed by atoms with E-state index in [1.54, 1.807) is 6.92 Å². The lowest BCUT2D eigenvalue weighted by Crippen LogP contribution is -2.42. The number of rotatable bonds is 6. The third kappa shape index (κ3) is 6.77. The van der Waals surface area contributed by atoms with Gasteiger partial charge in [-0.25, -0.2) is 0 Å². The summed E-state index contributed by atoms with van der Waals surface area (Å²) in [6, 6.07) is 0. The number of piperidine rings is 1. The number of ether oxygens (including phenoxy) is 1. The molecule has 1 fully saturated rings. The number of halogens is 3. The summed E-state index contributed by atoms with van der Waals surface area (Å²) >= 11 is 0. The Morgan fingerprint density at radius 3 is 2.53 bits per heavy atom. The average Bonchev–Trinajstić information content (AvgIpc) is 2.35. The van der Waals surface area contributed by atoms with Crippen LogP contribution in [0.25, 0.3) is 0 Å². The average molecular weight is 282 g/mol. The first-order valence-corrected chi connectivity index (χ1v) is 6.59. The van der Waals surface area contributed by atoms with Crippen molar-refractivity contribution < 1.29 is 22.7 Å². The highest BCUT2D eigenvalue weighted by Gasteiger charge is 2.32. The topological polar surface area (TPSA) is 41.6 Å². The summed E-state index contributed by atoms with van der Waals surface area (Å²) in [7, 11) is 0. The lowest BCUT2D eigenvalue weighted by atomic mass is 10.1. The number of carbonyl (C=O) groups excluding carboxylic acids is 1. The van der Waals surface area contributed by atoms with E-state index in [4.69, 9.17) is 4.74 Å². The van der Waals surface area contributed by atoms with Crippen LogP contribution >= 0.6 is 0 Å². The van der Waals surface area contributed by atoms with Crippen LogP contribution in [0.2, 0.25) is 0 Å². The summed E-state index contributed by atoms with van der Waals surface area (Å²) in [5.74, 6) is -0.585. The summed E-state index contributed by atoms with van der Waals surface area (Å²) < 4.78 is 42.4. The van der Waals surface area contributed by atoms with Gasteiger partial charge in [0.05, 0.1) is 6.10 Å². The zero-order valence-corrected chi connectivity index (χ0v) is 11.1. The highest BCUT2D eigenvalue weighted by Crippen LogP contribution is 2.17. The van der Waals surface area contributed by atoms with Gasteiger partial charge in [0.15, 0.2) is 0 Å². The monoisotopic (exact) mass is 282 g/mol. The third-order valence-electron chi connectivity index (χ3n) is 2.95. The van der Waals surface area contributed by atoms with E-state index in [-0.39, 0.29) is 19.3 Å². The molecular weight excluding hydrogens is 261 g/mol. The van der Waals surface area contributed by atoms with Gasteiger partial charge >= 0.3 is 6.18 Å². The van der Waals surface area contributed by atoms with E-state index in [9.17, 15) is 18.0 Å². The number of hydrogen-bond donors (Lipinski definition) is 1. The van der Waals surface area contributed by atoms with Crippen LogP contribution in [0.5, 0.6) is 0 Å². The minimum atomic E-state index is -4.36. The van der Waals surface area contributed by atoms with Crippen molar-refractivity contribution in [3.8, 4) is 0 Å². The standard InChI is InChI=1S/C12H21F3N2O2/c1-2-7-17(9-12(13,14)15)11(18)8-19-10-3-5-16-6-4-10/h10,16H,2-9H2,1H3. The van der Waals surface area contributed by atoms with Crippen molar-refractivity contribution in [2.75, 3.05) is 32.8 Å². The molecule has 0 atom stereocenters. The SMILES string of the molecule is CCCN(CC(F)(F)F)C(=O)COC1CCNCC1. The van der Waals surface area contributed by atoms with Crippen LogP contribution in [0.1, 0.15) is 26.2 Å². The third-order valence-corrected chi connectivity index (χ3v) is 2.95. The van der Waals surface area contributed by atoms with Crippen molar-refractivity contribution in [2.45, 2.75) is 38.5 Å². The maximum absolute atomic E-state index is 12.3. The van der Waals surface area contributed by atoms with Gasteiger partial charge in [-0.1, -0.05) is 6.92 Å². The first-order chi connectivity index (χ1) is 8.92. The van der Waals surface area contributed by atoms with Crippen LogP contribution in [0.3, 0.4) is 0 Å². The van der Waals surface area contributed by atoms with Crippen molar-refractivity contribution in [3.05, 3.63) is 0 Å². The second-order valence-corrected chi connectivity index (χ2v) is 4.69. The molecule has 0 aromatic carbocycles. The second-order valence-electron chi connectivity index (χ2n) is 4.69. The number of carbonyl (C=O) groups is 1. The fraction of sp³-hybridized carbons (Fsp3) is 0.917. The Morgan fingerprint density at radius 1 is 1.37 bits per heavy atom. The highest BCUT2D eigenvalue weighted by atomic mass is 19.4. The maximum atomic E-state index is 12.3. The fourth-order valence-corrected chi connectivity index (χ4v) is 2.02. The van der Waals surface area contributed by atoms with E-state index >= 15 is 0 Å². The Labute approximate surface area is 111 Å². The van der Waals surface area contributed by atoms with Crippen LogP contribution in [0.4, 0.5) is 13.2 Å². The van der Waals surface area contributed by atoms with E-state index in [0.29, 0.717) is 6.42 Å². The molecule has 0 aromatic heterocycles. The van der Waals surface area contributed by atoms with Gasteiger partial charge in [0, 0.05) is 6.54 Å². The number of nitrogens with zero attached hydrogens (tertiary/aromatic N) is 1. The zero-order chi connectivity index (χ0) is 14.3. The molecule has 0 spiro atoms. The van der Waals surface area contributed by atoms with Gasteiger partial charge in [0.25, 0.3) is 0 Å². The number of alkyl halides is 3. The molecule has 0 unspecified atom stereocenters. The van der Waals surface area contributed by atoms with Crippen LogP contribution < -0.4 is 5.32 Å². The molecule has 0 bridgehead atoms. The Morgan fingerprint density at radius 2 is 2.00 bits per heavy atom. The predicted octanol–water partition coefficient (Wildman–Crippen LogP) is 1.56. The Balaban J connectivity index is 2.38. The highest BCUT2D eigenvalue weighted by molar-refractivity contribution is 5.77. The molecular formula is C12H21F3N2O2. The molecule has 7 heteroatoms.